The van der Waals surface area contributed by atoms with E-state index in [4.69, 9.17) is 23.9 Å². The van der Waals surface area contributed by atoms with E-state index in [-0.39, 0.29) is 12.3 Å². The Balaban J connectivity index is 1.64. The summed E-state index contributed by atoms with van der Waals surface area (Å²) in [5, 5.41) is 13.7. The van der Waals surface area contributed by atoms with E-state index in [1.807, 2.05) is 67.6 Å². The second-order valence-electron chi connectivity index (χ2n) is 8.73. The van der Waals surface area contributed by atoms with Crippen molar-refractivity contribution in [1.82, 2.24) is 4.98 Å². The largest absolute Gasteiger partial charge is 0.494 e. The molecule has 0 fully saturated rings. The summed E-state index contributed by atoms with van der Waals surface area (Å²) in [6.45, 7) is 2.50. The summed E-state index contributed by atoms with van der Waals surface area (Å²) in [6.07, 6.45) is 0.236. The minimum Gasteiger partial charge on any atom is -0.494 e. The van der Waals surface area contributed by atoms with Crippen LogP contribution in [0, 0.1) is 11.3 Å². The van der Waals surface area contributed by atoms with Crippen molar-refractivity contribution < 1.29 is 23.7 Å². The smallest absolute Gasteiger partial charge is 0.225 e. The highest BCUT2D eigenvalue weighted by Crippen LogP contribution is 2.43. The van der Waals surface area contributed by atoms with E-state index in [1.54, 1.807) is 33.5 Å². The lowest BCUT2D eigenvalue weighted by atomic mass is 9.98. The number of carbonyl (C=O) groups is 1. The SMILES string of the molecule is CCOc1ccc(NC(=O)CCSc2nc(-c3ccccc3)cc(-c3cc(OC)c(OC)c(OC)c3)c2C#N)cc1. The van der Waals surface area contributed by atoms with Crippen LogP contribution in [0.5, 0.6) is 23.0 Å². The molecule has 0 aliphatic rings. The molecule has 0 aliphatic carbocycles. The van der Waals surface area contributed by atoms with Gasteiger partial charge in [0.15, 0.2) is 11.5 Å². The number of hydrogen-bond acceptors (Lipinski definition) is 8. The number of anilines is 1. The van der Waals surface area contributed by atoms with Gasteiger partial charge in [0, 0.05) is 29.0 Å². The van der Waals surface area contributed by atoms with E-state index in [2.05, 4.69) is 11.4 Å². The van der Waals surface area contributed by atoms with E-state index in [0.717, 1.165) is 11.3 Å². The van der Waals surface area contributed by atoms with Crippen molar-refractivity contribution in [3.8, 4) is 51.5 Å². The number of aromatic nitrogens is 1. The number of methoxy groups -OCH3 is 3. The van der Waals surface area contributed by atoms with Gasteiger partial charge in [-0.25, -0.2) is 4.98 Å². The Kier molecular flexibility index (Phi) is 10.1. The van der Waals surface area contributed by atoms with Gasteiger partial charge in [-0.1, -0.05) is 30.3 Å². The molecule has 4 rings (SSSR count). The minimum atomic E-state index is -0.135. The lowest BCUT2D eigenvalue weighted by Crippen LogP contribution is -2.12. The first-order chi connectivity index (χ1) is 20.0. The van der Waals surface area contributed by atoms with E-state index in [1.165, 1.54) is 11.8 Å². The standard InChI is InChI=1S/C32H31N3O5S/c1-5-40-24-13-11-23(12-14-24)34-30(36)15-16-41-32-26(20-33)25(19-27(35-32)21-9-7-6-8-10-21)22-17-28(37-2)31(39-4)29(18-22)38-3/h6-14,17-19H,5,15-16H2,1-4H3,(H,34,36). The maximum atomic E-state index is 12.7. The Morgan fingerprint density at radius 2 is 1.61 bits per heavy atom. The summed E-state index contributed by atoms with van der Waals surface area (Å²) in [5.41, 5.74) is 4.08. The molecule has 0 unspecified atom stereocenters. The van der Waals surface area contributed by atoms with Gasteiger partial charge in [-0.05, 0) is 55.0 Å². The van der Waals surface area contributed by atoms with Crippen LogP contribution in [0.1, 0.15) is 18.9 Å². The van der Waals surface area contributed by atoms with Gasteiger partial charge in [0.1, 0.15) is 16.8 Å². The van der Waals surface area contributed by atoms with Gasteiger partial charge in [-0.2, -0.15) is 5.26 Å². The molecule has 3 aromatic carbocycles. The van der Waals surface area contributed by atoms with Gasteiger partial charge in [-0.3, -0.25) is 4.79 Å². The predicted molar refractivity (Wildman–Crippen MR) is 161 cm³/mol. The van der Waals surface area contributed by atoms with E-state index >= 15 is 0 Å². The molecule has 1 N–H and O–H groups in total. The highest BCUT2D eigenvalue weighted by molar-refractivity contribution is 7.99. The Morgan fingerprint density at radius 3 is 2.20 bits per heavy atom. The van der Waals surface area contributed by atoms with Crippen molar-refractivity contribution in [3.05, 3.63) is 78.4 Å². The summed E-state index contributed by atoms with van der Waals surface area (Å²) in [6, 6.07) is 24.8. The number of amides is 1. The lowest BCUT2D eigenvalue weighted by molar-refractivity contribution is -0.115. The molecular weight excluding hydrogens is 538 g/mol. The molecule has 0 radical (unpaired) electrons. The van der Waals surface area contributed by atoms with Crippen molar-refractivity contribution >= 4 is 23.4 Å². The first-order valence-electron chi connectivity index (χ1n) is 13.0. The third-order valence-electron chi connectivity index (χ3n) is 6.16. The van der Waals surface area contributed by atoms with Crippen molar-refractivity contribution in [2.45, 2.75) is 18.4 Å². The fourth-order valence-electron chi connectivity index (χ4n) is 4.22. The van der Waals surface area contributed by atoms with Crippen LogP contribution < -0.4 is 24.3 Å². The van der Waals surface area contributed by atoms with Crippen LogP contribution in [0.3, 0.4) is 0 Å². The number of hydrogen-bond donors (Lipinski definition) is 1. The number of ether oxygens (including phenoxy) is 4. The maximum Gasteiger partial charge on any atom is 0.225 e. The van der Waals surface area contributed by atoms with E-state index < -0.39 is 0 Å². The molecule has 9 heteroatoms. The maximum absolute atomic E-state index is 12.7. The predicted octanol–water partition coefficient (Wildman–Crippen LogP) is 6.83. The molecule has 1 amide bonds. The molecule has 0 spiro atoms. The number of carbonyl (C=O) groups excluding carboxylic acids is 1. The minimum absolute atomic E-state index is 0.135. The fourth-order valence-corrected chi connectivity index (χ4v) is 5.16. The summed E-state index contributed by atoms with van der Waals surface area (Å²) in [5.74, 6) is 2.45. The number of nitrogens with one attached hydrogen (secondary N) is 1. The topological polar surface area (TPSA) is 103 Å². The molecule has 1 heterocycles. The number of nitrogens with zero attached hydrogens (tertiary/aromatic N) is 2. The third-order valence-corrected chi connectivity index (χ3v) is 7.14. The van der Waals surface area contributed by atoms with Gasteiger partial charge >= 0.3 is 0 Å². The number of thioether (sulfide) groups is 1. The van der Waals surface area contributed by atoms with Crippen molar-refractivity contribution in [2.75, 3.05) is 39.0 Å². The number of benzene rings is 3. The molecule has 0 atom stereocenters. The van der Waals surface area contributed by atoms with Crippen LogP contribution in [0.4, 0.5) is 5.69 Å². The van der Waals surface area contributed by atoms with Crippen LogP contribution in [-0.2, 0) is 4.79 Å². The first-order valence-corrected chi connectivity index (χ1v) is 14.0. The van der Waals surface area contributed by atoms with Gasteiger partial charge in [0.25, 0.3) is 0 Å². The van der Waals surface area contributed by atoms with Gasteiger partial charge in [0.05, 0.1) is 39.2 Å². The molecule has 0 saturated heterocycles. The quantitative estimate of drug-likeness (QED) is 0.185. The third kappa shape index (κ3) is 7.10. The molecule has 1 aromatic heterocycles. The zero-order valence-corrected chi connectivity index (χ0v) is 24.2. The second-order valence-corrected chi connectivity index (χ2v) is 9.81. The zero-order valence-electron chi connectivity index (χ0n) is 23.4. The van der Waals surface area contributed by atoms with Gasteiger partial charge in [0.2, 0.25) is 11.7 Å². The Labute approximate surface area is 244 Å². The monoisotopic (exact) mass is 569 g/mol. The Bertz CT molecular complexity index is 1510. The van der Waals surface area contributed by atoms with E-state index in [0.29, 0.717) is 62.7 Å². The summed E-state index contributed by atoms with van der Waals surface area (Å²) >= 11 is 1.36. The van der Waals surface area contributed by atoms with Crippen molar-refractivity contribution in [2.24, 2.45) is 0 Å². The zero-order chi connectivity index (χ0) is 29.2. The second kappa shape index (κ2) is 14.1. The molecule has 4 aromatic rings. The van der Waals surface area contributed by atoms with Gasteiger partial charge < -0.3 is 24.3 Å². The number of rotatable bonds is 12. The normalized spacial score (nSPS) is 10.4. The molecule has 41 heavy (non-hydrogen) atoms. The molecule has 0 saturated carbocycles. The van der Waals surface area contributed by atoms with Crippen LogP contribution in [0.15, 0.2) is 77.8 Å². The highest BCUT2D eigenvalue weighted by atomic mass is 32.2. The first kappa shape index (κ1) is 29.3. The summed E-state index contributed by atoms with van der Waals surface area (Å²) in [7, 11) is 4.64. The number of nitriles is 1. The van der Waals surface area contributed by atoms with Crippen LogP contribution in [-0.4, -0.2) is 44.6 Å². The van der Waals surface area contributed by atoms with E-state index in [9.17, 15) is 10.1 Å². The average Bonchev–Trinajstić information content (AvgIpc) is 3.01. The van der Waals surface area contributed by atoms with Gasteiger partial charge in [-0.15, -0.1) is 11.8 Å². The Hall–Kier alpha value is -4.68. The van der Waals surface area contributed by atoms with Crippen LogP contribution >= 0.6 is 11.8 Å². The van der Waals surface area contributed by atoms with Crippen LogP contribution in [0.25, 0.3) is 22.4 Å². The van der Waals surface area contributed by atoms with Crippen molar-refractivity contribution in [1.29, 1.82) is 5.26 Å². The summed E-state index contributed by atoms with van der Waals surface area (Å²) in [4.78, 5) is 17.5. The summed E-state index contributed by atoms with van der Waals surface area (Å²) < 4.78 is 22.1. The number of pyridine rings is 1. The molecule has 210 valence electrons. The molecular formula is C32H31N3O5S. The Morgan fingerprint density at radius 1 is 0.927 bits per heavy atom. The molecule has 0 bridgehead atoms. The molecule has 8 nitrogen and oxygen atoms in total. The van der Waals surface area contributed by atoms with Crippen molar-refractivity contribution in [3.63, 3.8) is 0 Å². The fraction of sp³-hybridized carbons (Fsp3) is 0.219. The highest BCUT2D eigenvalue weighted by Gasteiger charge is 2.20. The average molecular weight is 570 g/mol. The molecule has 0 aliphatic heterocycles. The lowest BCUT2D eigenvalue weighted by Gasteiger charge is -2.16. The van der Waals surface area contributed by atoms with Crippen LogP contribution in [0.2, 0.25) is 0 Å².